The molecule has 0 fully saturated rings. The van der Waals surface area contributed by atoms with Gasteiger partial charge in [-0.15, -0.1) is 5.11 Å². The van der Waals surface area contributed by atoms with Gasteiger partial charge in [0.25, 0.3) is 0 Å². The minimum Gasteiger partial charge on any atom is -0.563 e. The molecule has 0 saturated carbocycles. The second-order valence-corrected chi connectivity index (χ2v) is 0.687. The molecule has 0 atom stereocenters. The summed E-state index contributed by atoms with van der Waals surface area (Å²) in [6.07, 6.45) is 0.361. The maximum absolute atomic E-state index is 7.86. The summed E-state index contributed by atoms with van der Waals surface area (Å²) in [6.45, 7) is 0. The van der Waals surface area contributed by atoms with Crippen LogP contribution in [0.2, 0.25) is 0 Å². The third-order valence-corrected chi connectivity index (χ3v) is 0.320. The molecule has 0 radical (unpaired) electrons. The molecule has 0 unspecified atom stereocenters. The van der Waals surface area contributed by atoms with E-state index in [2.05, 4.69) is 10.1 Å². The van der Waals surface area contributed by atoms with E-state index in [9.17, 15) is 0 Å². The second-order valence-electron chi connectivity index (χ2n) is 0.687. The lowest BCUT2D eigenvalue weighted by molar-refractivity contribution is 0.468. The van der Waals surface area contributed by atoms with Gasteiger partial charge < -0.3 is 10.6 Å². The first-order valence-corrected chi connectivity index (χ1v) is 1.39. The van der Waals surface area contributed by atoms with E-state index < -0.39 is 5.82 Å². The van der Waals surface area contributed by atoms with Gasteiger partial charge in [0.05, 0.1) is 5.39 Å². The Kier molecular flexibility index (Phi) is 2.21. The van der Waals surface area contributed by atoms with Gasteiger partial charge in [-0.25, -0.2) is 0 Å². The molecule has 7 heavy (non-hydrogen) atoms. The molecule has 0 aromatic heterocycles. The molecule has 5 heteroatoms. The molecular formula is C2H2N4O. The number of nitrogens with zero attached hydrogens (tertiary/aromatic N) is 4. The smallest absolute Gasteiger partial charge is 0.482 e. The highest BCUT2D eigenvalue weighted by Gasteiger charge is 1.96. The zero-order valence-electron chi connectivity index (χ0n) is 3.31. The third-order valence-electron chi connectivity index (χ3n) is 0.320. The zero-order valence-corrected chi connectivity index (χ0v) is 3.31. The van der Waals surface area contributed by atoms with Crippen molar-refractivity contribution < 1.29 is 5.11 Å². The van der Waals surface area contributed by atoms with Gasteiger partial charge in [0.15, 0.2) is 6.26 Å². The summed E-state index contributed by atoms with van der Waals surface area (Å²) in [7, 11) is 0. The maximum atomic E-state index is 7.86. The fraction of sp³-hybridized carbons (Fsp3) is 0. The molecule has 0 aliphatic carbocycles. The first kappa shape index (κ1) is 5.56. The van der Waals surface area contributed by atoms with Gasteiger partial charge in [-0.05, 0) is 0 Å². The lowest BCUT2D eigenvalue weighted by Gasteiger charge is -1.65. The van der Waals surface area contributed by atoms with Crippen LogP contribution in [0.5, 0.6) is 0 Å². The number of rotatable bonds is 1. The van der Waals surface area contributed by atoms with E-state index in [1.165, 1.54) is 0 Å². The minimum absolute atomic E-state index is 0.361. The number of diazo groups is 1. The van der Waals surface area contributed by atoms with Crippen molar-refractivity contribution in [1.29, 1.82) is 5.39 Å². The van der Waals surface area contributed by atoms with Crippen LogP contribution in [0.4, 0.5) is 0 Å². The molecular weight excluding hydrogens is 96.0 g/mol. The summed E-state index contributed by atoms with van der Waals surface area (Å²) in [6, 6.07) is 0. The summed E-state index contributed by atoms with van der Waals surface area (Å²) < 4.78 is 0. The van der Waals surface area contributed by atoms with E-state index in [1.54, 1.807) is 0 Å². The second kappa shape index (κ2) is 2.78. The fourth-order valence-corrected chi connectivity index (χ4v) is 0.0716. The Labute approximate surface area is 39.4 Å². The van der Waals surface area contributed by atoms with Crippen LogP contribution >= 0.6 is 0 Å². The molecule has 0 aliphatic rings. The minimum atomic E-state index is -0.528. The largest absolute Gasteiger partial charge is 0.563 e. The Morgan fingerprint density at radius 2 is 2.57 bits per heavy atom. The van der Waals surface area contributed by atoms with Gasteiger partial charge in [-0.3, -0.25) is 0 Å². The molecule has 0 aromatic carbocycles. The van der Waals surface area contributed by atoms with Gasteiger partial charge in [0.2, 0.25) is 0 Å². The summed E-state index contributed by atoms with van der Waals surface area (Å²) in [5.41, 5.74) is 7.67. The normalized spacial score (nSPS) is 9.86. The first-order valence-electron chi connectivity index (χ1n) is 1.39. The van der Waals surface area contributed by atoms with Gasteiger partial charge in [-0.2, -0.15) is 0 Å². The van der Waals surface area contributed by atoms with Crippen molar-refractivity contribution in [3.8, 4) is 0 Å². The van der Waals surface area contributed by atoms with Crippen LogP contribution in [-0.4, -0.2) is 5.11 Å². The fourth-order valence-electron chi connectivity index (χ4n) is 0.0716. The van der Waals surface area contributed by atoms with E-state index in [1.807, 2.05) is 0 Å². The number of aliphatic hydroxyl groups excluding tert-OH is 1. The predicted molar refractivity (Wildman–Crippen MR) is 21.6 cm³/mol. The van der Waals surface area contributed by atoms with E-state index in [4.69, 9.17) is 16.0 Å². The van der Waals surface area contributed by atoms with E-state index in [-0.39, 0.29) is 0 Å². The Hall–Kier alpha value is -1.44. The van der Waals surface area contributed by atoms with Crippen LogP contribution in [-0.2, 0) is 0 Å². The van der Waals surface area contributed by atoms with Crippen molar-refractivity contribution in [2.75, 3.05) is 0 Å². The lowest BCUT2D eigenvalue weighted by atomic mass is 10.8. The summed E-state index contributed by atoms with van der Waals surface area (Å²) in [5, 5.41) is 17.8. The molecule has 0 spiro atoms. The summed E-state index contributed by atoms with van der Waals surface area (Å²) in [4.78, 5) is 2.32. The molecule has 5 nitrogen and oxygen atoms in total. The van der Waals surface area contributed by atoms with Gasteiger partial charge >= 0.3 is 5.82 Å². The number of aliphatic hydroxyl groups is 1. The Morgan fingerprint density at radius 1 is 2.00 bits per heavy atom. The summed E-state index contributed by atoms with van der Waals surface area (Å²) >= 11 is 0. The van der Waals surface area contributed by atoms with Crippen LogP contribution in [0.15, 0.2) is 17.2 Å². The highest BCUT2D eigenvalue weighted by Crippen LogP contribution is 1.92. The van der Waals surface area contributed by atoms with Crippen LogP contribution in [0, 0.1) is 5.39 Å². The van der Waals surface area contributed by atoms with Crippen molar-refractivity contribution in [3.05, 3.63) is 22.6 Å². The SMILES string of the molecule is N#[N+]C(=CO)N=[N-]. The Morgan fingerprint density at radius 3 is 2.57 bits per heavy atom. The molecule has 0 bridgehead atoms. The molecule has 0 aromatic rings. The predicted octanol–water partition coefficient (Wildman–Crippen LogP) is 1.22. The molecule has 0 amide bonds. The van der Waals surface area contributed by atoms with Crippen LogP contribution < -0.4 is 0 Å². The van der Waals surface area contributed by atoms with Crippen molar-refractivity contribution in [1.82, 2.24) is 0 Å². The van der Waals surface area contributed by atoms with Crippen molar-refractivity contribution in [3.63, 3.8) is 0 Å². The van der Waals surface area contributed by atoms with E-state index in [0.29, 0.717) is 6.26 Å². The molecule has 0 aliphatic heterocycles. The highest BCUT2D eigenvalue weighted by atomic mass is 16.2. The monoisotopic (exact) mass is 98.0 g/mol. The Balaban J connectivity index is 3.94. The average molecular weight is 98.1 g/mol. The van der Waals surface area contributed by atoms with Crippen molar-refractivity contribution in [2.45, 2.75) is 0 Å². The standard InChI is InChI=1S/C2H2N4O/c3-5-2(1-7)6-4/h1,7H. The van der Waals surface area contributed by atoms with Gasteiger partial charge in [-0.1, -0.05) is 0 Å². The van der Waals surface area contributed by atoms with Crippen molar-refractivity contribution in [2.24, 2.45) is 5.11 Å². The quantitative estimate of drug-likeness (QED) is 0.303. The molecule has 0 heterocycles. The number of hydrogen-bond acceptors (Lipinski definition) is 3. The first-order chi connectivity index (χ1) is 3.35. The van der Waals surface area contributed by atoms with Crippen LogP contribution in [0.3, 0.4) is 0 Å². The highest BCUT2D eigenvalue weighted by molar-refractivity contribution is 5.00. The molecule has 36 valence electrons. The third kappa shape index (κ3) is 1.44. The van der Waals surface area contributed by atoms with Crippen molar-refractivity contribution >= 4 is 0 Å². The van der Waals surface area contributed by atoms with Gasteiger partial charge in [0, 0.05) is 4.98 Å². The summed E-state index contributed by atoms with van der Waals surface area (Å²) in [5.74, 6) is -0.528. The molecule has 0 rings (SSSR count). The average Bonchev–Trinajstić information content (AvgIpc) is 1.72. The zero-order chi connectivity index (χ0) is 5.70. The van der Waals surface area contributed by atoms with Gasteiger partial charge in [0.1, 0.15) is 0 Å². The lowest BCUT2D eigenvalue weighted by Crippen LogP contribution is -1.60. The number of hydrogen-bond donors (Lipinski definition) is 1. The molecule has 1 N–H and O–H groups in total. The van der Waals surface area contributed by atoms with E-state index >= 15 is 0 Å². The topological polar surface area (TPSA) is 83.0 Å². The van der Waals surface area contributed by atoms with E-state index in [0.717, 1.165) is 0 Å². The van der Waals surface area contributed by atoms with Crippen LogP contribution in [0.1, 0.15) is 0 Å². The molecule has 0 saturated heterocycles. The Bertz CT molecular complexity index is 131. The maximum Gasteiger partial charge on any atom is 0.482 e. The van der Waals surface area contributed by atoms with Crippen LogP contribution in [0.25, 0.3) is 10.5 Å².